The molecule has 6 nitrogen and oxygen atoms in total. The Bertz CT molecular complexity index is 1750. The van der Waals surface area contributed by atoms with Gasteiger partial charge in [0.05, 0.1) is 11.1 Å². The van der Waals surface area contributed by atoms with E-state index in [1.54, 1.807) is 18.6 Å². The zero-order chi connectivity index (χ0) is 24.8. The zero-order valence-electron chi connectivity index (χ0n) is 19.9. The second-order valence-corrected chi connectivity index (χ2v) is 9.23. The summed E-state index contributed by atoms with van der Waals surface area (Å²) in [6.45, 7) is 0. The first-order chi connectivity index (χ1) is 18.3. The molecule has 4 aromatic heterocycles. The molecule has 7 rings (SSSR count). The van der Waals surface area contributed by atoms with Crippen LogP contribution in [-0.2, 0) is 0 Å². The van der Waals surface area contributed by atoms with E-state index in [2.05, 4.69) is 24.5 Å². The fourth-order valence-electron chi connectivity index (χ4n) is 4.94. The van der Waals surface area contributed by atoms with E-state index in [4.69, 9.17) is 4.74 Å². The number of nitrogens with zero attached hydrogens (tertiary/aromatic N) is 5. The minimum absolute atomic E-state index is 0.256. The summed E-state index contributed by atoms with van der Waals surface area (Å²) >= 11 is 0. The lowest BCUT2D eigenvalue weighted by Gasteiger charge is -2.27. The van der Waals surface area contributed by atoms with Crippen molar-refractivity contribution in [3.8, 4) is 34.1 Å². The molecule has 37 heavy (non-hydrogen) atoms. The van der Waals surface area contributed by atoms with E-state index >= 15 is 4.39 Å². The van der Waals surface area contributed by atoms with Crippen LogP contribution < -0.4 is 4.74 Å². The summed E-state index contributed by atoms with van der Waals surface area (Å²) in [6, 6.07) is 22.7. The summed E-state index contributed by atoms with van der Waals surface area (Å²) in [4.78, 5) is 18.3. The predicted octanol–water partition coefficient (Wildman–Crippen LogP) is 7.36. The summed E-state index contributed by atoms with van der Waals surface area (Å²) in [7, 11) is 0. The van der Waals surface area contributed by atoms with Crippen molar-refractivity contribution in [1.82, 2.24) is 24.5 Å². The Morgan fingerprint density at radius 2 is 1.68 bits per heavy atom. The lowest BCUT2D eigenvalue weighted by molar-refractivity contribution is 0.320. The van der Waals surface area contributed by atoms with Gasteiger partial charge in [0.1, 0.15) is 28.9 Å². The van der Waals surface area contributed by atoms with Crippen molar-refractivity contribution < 1.29 is 9.13 Å². The molecule has 0 aliphatic heterocycles. The molecule has 0 unspecified atom stereocenters. The van der Waals surface area contributed by atoms with E-state index < -0.39 is 5.82 Å². The summed E-state index contributed by atoms with van der Waals surface area (Å²) < 4.78 is 24.3. The number of para-hydroxylation sites is 1. The van der Waals surface area contributed by atoms with E-state index in [0.29, 0.717) is 34.3 Å². The van der Waals surface area contributed by atoms with Crippen molar-refractivity contribution in [1.29, 1.82) is 0 Å². The molecule has 6 aromatic rings. The normalized spacial score (nSPS) is 13.6. The van der Waals surface area contributed by atoms with E-state index in [0.717, 1.165) is 35.1 Å². The van der Waals surface area contributed by atoms with Crippen LogP contribution >= 0.6 is 0 Å². The molecule has 0 atom stereocenters. The van der Waals surface area contributed by atoms with Crippen LogP contribution in [0.25, 0.3) is 44.5 Å². The number of pyridine rings is 2. The highest BCUT2D eigenvalue weighted by Crippen LogP contribution is 2.42. The Kier molecular flexibility index (Phi) is 5.13. The molecule has 0 saturated heterocycles. The lowest BCUT2D eigenvalue weighted by Crippen LogP contribution is -2.16. The molecular weight excluding hydrogens is 465 g/mol. The molecule has 7 heteroatoms. The van der Waals surface area contributed by atoms with E-state index in [9.17, 15) is 0 Å². The molecule has 1 saturated carbocycles. The third kappa shape index (κ3) is 3.71. The van der Waals surface area contributed by atoms with Crippen LogP contribution in [0.5, 0.6) is 11.6 Å². The molecule has 1 aliphatic carbocycles. The number of halogens is 1. The van der Waals surface area contributed by atoms with Crippen molar-refractivity contribution in [2.45, 2.75) is 25.3 Å². The smallest absolute Gasteiger partial charge is 0.219 e. The van der Waals surface area contributed by atoms with Crippen molar-refractivity contribution in [3.63, 3.8) is 0 Å². The van der Waals surface area contributed by atoms with Gasteiger partial charge < -0.3 is 9.30 Å². The summed E-state index contributed by atoms with van der Waals surface area (Å²) in [5.41, 5.74) is 3.65. The van der Waals surface area contributed by atoms with Crippen LogP contribution in [0.2, 0.25) is 0 Å². The van der Waals surface area contributed by atoms with Gasteiger partial charge in [0.15, 0.2) is 5.82 Å². The Labute approximate surface area is 212 Å². The van der Waals surface area contributed by atoms with Gasteiger partial charge in [0.25, 0.3) is 0 Å². The van der Waals surface area contributed by atoms with Crippen molar-refractivity contribution >= 4 is 21.9 Å². The molecule has 0 spiro atoms. The number of benzene rings is 2. The average Bonchev–Trinajstić information content (AvgIpc) is 3.28. The molecule has 0 amide bonds. The Morgan fingerprint density at radius 3 is 2.46 bits per heavy atom. The fourth-order valence-corrected chi connectivity index (χ4v) is 4.94. The molecule has 1 fully saturated rings. The van der Waals surface area contributed by atoms with Crippen LogP contribution in [0.3, 0.4) is 0 Å². The van der Waals surface area contributed by atoms with Gasteiger partial charge >= 0.3 is 0 Å². The van der Waals surface area contributed by atoms with Gasteiger partial charge in [-0.05, 0) is 49.6 Å². The van der Waals surface area contributed by atoms with Crippen molar-refractivity contribution in [2.24, 2.45) is 0 Å². The fraction of sp³-hybridized carbons (Fsp3) is 0.133. The SMILES string of the molecule is Fc1c(-c2cn(C3CCC3)c3ncnc(-c4ccccn4)c23)ccc2ccc(Oc3ccccc3)nc12. The average molecular weight is 488 g/mol. The van der Waals surface area contributed by atoms with E-state index in [-0.39, 0.29) is 5.52 Å². The second-order valence-electron chi connectivity index (χ2n) is 9.23. The van der Waals surface area contributed by atoms with Crippen LogP contribution in [0, 0.1) is 5.82 Å². The highest BCUT2D eigenvalue weighted by Gasteiger charge is 2.27. The number of aromatic nitrogens is 5. The number of hydrogen-bond donors (Lipinski definition) is 0. The first-order valence-electron chi connectivity index (χ1n) is 12.4. The molecular formula is C30H22FN5O. The van der Waals surface area contributed by atoms with Crippen molar-refractivity contribution in [2.75, 3.05) is 0 Å². The monoisotopic (exact) mass is 487 g/mol. The Hall–Kier alpha value is -4.65. The maximum atomic E-state index is 16.3. The quantitative estimate of drug-likeness (QED) is 0.254. The molecule has 0 N–H and O–H groups in total. The standard InChI is InChI=1S/C30H22FN5O/c31-27-22(14-12-19-13-15-25(35-28(19)27)37-21-9-2-1-3-10-21)23-17-36(20-7-6-8-20)30-26(23)29(33-18-34-30)24-11-4-5-16-32-24/h1-5,9-18,20H,6-8H2. The lowest BCUT2D eigenvalue weighted by atomic mass is 9.93. The molecule has 0 radical (unpaired) electrons. The maximum Gasteiger partial charge on any atom is 0.219 e. The zero-order valence-corrected chi connectivity index (χ0v) is 19.9. The number of rotatable bonds is 5. The highest BCUT2D eigenvalue weighted by atomic mass is 19.1. The van der Waals surface area contributed by atoms with Gasteiger partial charge in [-0.1, -0.05) is 36.4 Å². The number of hydrogen-bond acceptors (Lipinski definition) is 5. The van der Waals surface area contributed by atoms with Crippen LogP contribution in [-0.4, -0.2) is 24.5 Å². The first kappa shape index (κ1) is 21.6. The molecule has 1 aliphatic rings. The summed E-state index contributed by atoms with van der Waals surface area (Å²) in [6.07, 6.45) is 8.65. The van der Waals surface area contributed by atoms with Gasteiger partial charge in [-0.2, -0.15) is 0 Å². The molecule has 4 heterocycles. The minimum atomic E-state index is -0.403. The topological polar surface area (TPSA) is 65.7 Å². The van der Waals surface area contributed by atoms with Gasteiger partial charge in [0, 0.05) is 41.0 Å². The Balaban J connectivity index is 1.43. The molecule has 2 aromatic carbocycles. The minimum Gasteiger partial charge on any atom is -0.439 e. The summed E-state index contributed by atoms with van der Waals surface area (Å²) in [5, 5.41) is 1.49. The molecule has 180 valence electrons. The Morgan fingerprint density at radius 1 is 0.838 bits per heavy atom. The predicted molar refractivity (Wildman–Crippen MR) is 141 cm³/mol. The third-order valence-corrected chi connectivity index (χ3v) is 7.02. The number of fused-ring (bicyclic) bond motifs is 2. The van der Waals surface area contributed by atoms with E-state index in [1.165, 1.54) is 6.42 Å². The van der Waals surface area contributed by atoms with Crippen LogP contribution in [0.15, 0.2) is 91.5 Å². The van der Waals surface area contributed by atoms with Crippen molar-refractivity contribution in [3.05, 3.63) is 97.3 Å². The largest absolute Gasteiger partial charge is 0.439 e. The van der Waals surface area contributed by atoms with Gasteiger partial charge in [-0.15, -0.1) is 0 Å². The molecule has 0 bridgehead atoms. The van der Waals surface area contributed by atoms with E-state index in [1.807, 2.05) is 72.9 Å². The van der Waals surface area contributed by atoms with Crippen LogP contribution in [0.1, 0.15) is 25.3 Å². The summed E-state index contributed by atoms with van der Waals surface area (Å²) in [5.74, 6) is 0.579. The van der Waals surface area contributed by atoms with Gasteiger partial charge in [0.2, 0.25) is 5.88 Å². The first-order valence-corrected chi connectivity index (χ1v) is 12.4. The highest BCUT2D eigenvalue weighted by molar-refractivity contribution is 6.03. The van der Waals surface area contributed by atoms with Gasteiger partial charge in [-0.3, -0.25) is 4.98 Å². The number of ether oxygens (including phenoxy) is 1. The third-order valence-electron chi connectivity index (χ3n) is 7.02. The van der Waals surface area contributed by atoms with Crippen LogP contribution in [0.4, 0.5) is 4.39 Å². The van der Waals surface area contributed by atoms with Gasteiger partial charge in [-0.25, -0.2) is 19.3 Å². The second kappa shape index (κ2) is 8.78. The maximum absolute atomic E-state index is 16.3.